The molecule has 110 valence electrons. The van der Waals surface area contributed by atoms with Crippen LogP contribution in [0.5, 0.6) is 0 Å². The number of carbonyl (C=O) groups excluding carboxylic acids is 1. The van der Waals surface area contributed by atoms with E-state index >= 15 is 0 Å². The molecule has 0 aliphatic rings. The Kier molecular flexibility index (Phi) is 4.13. The number of rotatable bonds is 2. The highest BCUT2D eigenvalue weighted by Crippen LogP contribution is 2.36. The van der Waals surface area contributed by atoms with E-state index in [0.717, 1.165) is 12.1 Å². The van der Waals surface area contributed by atoms with Crippen LogP contribution in [0.4, 0.5) is 18.9 Å². The van der Waals surface area contributed by atoms with Gasteiger partial charge in [0, 0.05) is 5.69 Å². The second-order valence-electron chi connectivity index (χ2n) is 4.21. The number of carbonyl (C=O) groups is 1. The molecule has 0 fully saturated rings. The fourth-order valence-corrected chi connectivity index (χ4v) is 1.76. The van der Waals surface area contributed by atoms with Crippen LogP contribution < -0.4 is 5.32 Å². The van der Waals surface area contributed by atoms with Gasteiger partial charge in [-0.2, -0.15) is 18.3 Å². The summed E-state index contributed by atoms with van der Waals surface area (Å²) in [7, 11) is 0. The van der Waals surface area contributed by atoms with Gasteiger partial charge in [-0.25, -0.2) is 0 Å². The van der Waals surface area contributed by atoms with Crippen molar-refractivity contribution in [3.8, 4) is 0 Å². The number of amides is 1. The van der Waals surface area contributed by atoms with Crippen LogP contribution >= 0.6 is 11.6 Å². The summed E-state index contributed by atoms with van der Waals surface area (Å²) in [5.41, 5.74) is -0.419. The van der Waals surface area contributed by atoms with Crippen LogP contribution in [0.15, 0.2) is 30.3 Å². The highest BCUT2D eigenvalue weighted by Gasteiger charge is 2.33. The molecule has 0 bridgehead atoms. The Labute approximate surface area is 123 Å². The Morgan fingerprint density at radius 2 is 1.90 bits per heavy atom. The van der Waals surface area contributed by atoms with Gasteiger partial charge in [0.15, 0.2) is 5.69 Å². The maximum absolute atomic E-state index is 12.7. The van der Waals surface area contributed by atoms with Gasteiger partial charge in [-0.3, -0.25) is 4.79 Å². The summed E-state index contributed by atoms with van der Waals surface area (Å²) in [5, 5.41) is 9.24. The standard InChI is InChI=1S/C13H9ClF3N3O/c1-7-2-5-11(20-19-7)12(21)18-8-3-4-10(14)9(6-8)13(15,16)17/h2-6H,1H3,(H,18,21). The number of nitrogens with zero attached hydrogens (tertiary/aromatic N) is 2. The van der Waals surface area contributed by atoms with Crippen LogP contribution in [0.1, 0.15) is 21.7 Å². The van der Waals surface area contributed by atoms with E-state index in [9.17, 15) is 18.0 Å². The molecule has 0 spiro atoms. The Morgan fingerprint density at radius 1 is 1.19 bits per heavy atom. The van der Waals surface area contributed by atoms with Crippen molar-refractivity contribution in [2.24, 2.45) is 0 Å². The van der Waals surface area contributed by atoms with E-state index in [-0.39, 0.29) is 11.4 Å². The molecule has 0 unspecified atom stereocenters. The monoisotopic (exact) mass is 315 g/mol. The molecule has 0 saturated heterocycles. The van der Waals surface area contributed by atoms with Gasteiger partial charge < -0.3 is 5.32 Å². The lowest BCUT2D eigenvalue weighted by atomic mass is 10.2. The summed E-state index contributed by atoms with van der Waals surface area (Å²) in [6.07, 6.45) is -4.60. The van der Waals surface area contributed by atoms with E-state index in [1.807, 2.05) is 0 Å². The number of aryl methyl sites for hydroxylation is 1. The number of hydrogen-bond acceptors (Lipinski definition) is 3. The predicted molar refractivity (Wildman–Crippen MR) is 71.2 cm³/mol. The number of alkyl halides is 3. The Bertz CT molecular complexity index is 671. The fraction of sp³-hybridized carbons (Fsp3) is 0.154. The van der Waals surface area contributed by atoms with E-state index in [1.165, 1.54) is 12.1 Å². The van der Waals surface area contributed by atoms with Gasteiger partial charge in [-0.05, 0) is 37.3 Å². The lowest BCUT2D eigenvalue weighted by Gasteiger charge is -2.11. The van der Waals surface area contributed by atoms with E-state index in [2.05, 4.69) is 15.5 Å². The maximum atomic E-state index is 12.7. The molecule has 8 heteroatoms. The van der Waals surface area contributed by atoms with Crippen LogP contribution in [-0.4, -0.2) is 16.1 Å². The van der Waals surface area contributed by atoms with Crippen molar-refractivity contribution >= 4 is 23.2 Å². The molecule has 0 aliphatic carbocycles. The van der Waals surface area contributed by atoms with E-state index in [1.54, 1.807) is 13.0 Å². The zero-order valence-corrected chi connectivity index (χ0v) is 11.5. The summed E-state index contributed by atoms with van der Waals surface area (Å²) in [5.74, 6) is -0.655. The number of halogens is 4. The molecule has 0 aliphatic heterocycles. The van der Waals surface area contributed by atoms with Gasteiger partial charge in [0.25, 0.3) is 5.91 Å². The minimum Gasteiger partial charge on any atom is -0.321 e. The first-order valence-corrected chi connectivity index (χ1v) is 6.13. The first kappa shape index (κ1) is 15.2. The van der Waals surface area contributed by atoms with Crippen molar-refractivity contribution < 1.29 is 18.0 Å². The quantitative estimate of drug-likeness (QED) is 0.919. The first-order chi connectivity index (χ1) is 9.77. The minimum atomic E-state index is -4.60. The number of hydrogen-bond donors (Lipinski definition) is 1. The van der Waals surface area contributed by atoms with E-state index in [0.29, 0.717) is 5.69 Å². The van der Waals surface area contributed by atoms with Gasteiger partial charge in [0.2, 0.25) is 0 Å². The molecular formula is C13H9ClF3N3O. The van der Waals surface area contributed by atoms with Crippen molar-refractivity contribution in [1.82, 2.24) is 10.2 Å². The van der Waals surface area contributed by atoms with Gasteiger partial charge >= 0.3 is 6.18 Å². The van der Waals surface area contributed by atoms with Crippen LogP contribution in [0.25, 0.3) is 0 Å². The van der Waals surface area contributed by atoms with Crippen molar-refractivity contribution in [3.63, 3.8) is 0 Å². The lowest BCUT2D eigenvalue weighted by molar-refractivity contribution is -0.137. The average molecular weight is 316 g/mol. The Morgan fingerprint density at radius 3 is 2.48 bits per heavy atom. The van der Waals surface area contributed by atoms with E-state index in [4.69, 9.17) is 11.6 Å². The molecule has 0 atom stereocenters. The van der Waals surface area contributed by atoms with Crippen molar-refractivity contribution in [2.75, 3.05) is 5.32 Å². The highest BCUT2D eigenvalue weighted by molar-refractivity contribution is 6.31. The van der Waals surface area contributed by atoms with Gasteiger partial charge in [-0.15, -0.1) is 5.10 Å². The molecule has 0 radical (unpaired) electrons. The van der Waals surface area contributed by atoms with Crippen LogP contribution in [0.2, 0.25) is 5.02 Å². The molecule has 4 nitrogen and oxygen atoms in total. The largest absolute Gasteiger partial charge is 0.417 e. The summed E-state index contributed by atoms with van der Waals surface area (Å²) < 4.78 is 38.1. The zero-order chi connectivity index (χ0) is 15.6. The second-order valence-corrected chi connectivity index (χ2v) is 4.61. The molecule has 0 saturated carbocycles. The third-order valence-electron chi connectivity index (χ3n) is 2.56. The smallest absolute Gasteiger partial charge is 0.321 e. The Balaban J connectivity index is 2.24. The minimum absolute atomic E-state index is 0.00380. The highest BCUT2D eigenvalue weighted by atomic mass is 35.5. The first-order valence-electron chi connectivity index (χ1n) is 5.76. The van der Waals surface area contributed by atoms with Gasteiger partial charge in [0.1, 0.15) is 0 Å². The van der Waals surface area contributed by atoms with Crippen molar-refractivity contribution in [2.45, 2.75) is 13.1 Å². The molecule has 21 heavy (non-hydrogen) atoms. The zero-order valence-electron chi connectivity index (χ0n) is 10.7. The number of benzene rings is 1. The summed E-state index contributed by atoms with van der Waals surface area (Å²) in [6.45, 7) is 1.70. The molecular weight excluding hydrogens is 307 g/mol. The lowest BCUT2D eigenvalue weighted by Crippen LogP contribution is -2.15. The number of anilines is 1. The normalized spacial score (nSPS) is 11.3. The van der Waals surface area contributed by atoms with Crippen LogP contribution in [0.3, 0.4) is 0 Å². The molecule has 1 aromatic heterocycles. The summed E-state index contributed by atoms with van der Waals surface area (Å²) in [4.78, 5) is 11.8. The number of aromatic nitrogens is 2. The maximum Gasteiger partial charge on any atom is 0.417 e. The molecule has 2 rings (SSSR count). The van der Waals surface area contributed by atoms with E-state index < -0.39 is 22.7 Å². The Hall–Kier alpha value is -2.15. The fourth-order valence-electron chi connectivity index (χ4n) is 1.54. The third-order valence-corrected chi connectivity index (χ3v) is 2.89. The number of nitrogens with one attached hydrogen (secondary N) is 1. The van der Waals surface area contributed by atoms with Crippen LogP contribution in [-0.2, 0) is 6.18 Å². The van der Waals surface area contributed by atoms with Gasteiger partial charge in [-0.1, -0.05) is 11.6 Å². The SMILES string of the molecule is Cc1ccc(C(=O)Nc2ccc(Cl)c(C(F)(F)F)c2)nn1. The molecule has 2 aromatic rings. The predicted octanol–water partition coefficient (Wildman–Crippen LogP) is 3.71. The van der Waals surface area contributed by atoms with Crippen LogP contribution in [0, 0.1) is 6.92 Å². The third kappa shape index (κ3) is 3.69. The molecule has 1 amide bonds. The topological polar surface area (TPSA) is 54.9 Å². The molecule has 1 heterocycles. The van der Waals surface area contributed by atoms with Crippen molar-refractivity contribution in [1.29, 1.82) is 0 Å². The summed E-state index contributed by atoms with van der Waals surface area (Å²) >= 11 is 5.50. The molecule has 1 aromatic carbocycles. The summed E-state index contributed by atoms with van der Waals surface area (Å²) in [6, 6.07) is 6.11. The van der Waals surface area contributed by atoms with Crippen molar-refractivity contribution in [3.05, 3.63) is 52.3 Å². The van der Waals surface area contributed by atoms with Gasteiger partial charge in [0.05, 0.1) is 16.3 Å². The second kappa shape index (κ2) is 5.69. The average Bonchev–Trinajstić information content (AvgIpc) is 2.40. The molecule has 1 N–H and O–H groups in total.